The molecule has 4 heterocycles. The first kappa shape index (κ1) is 26.1. The van der Waals surface area contributed by atoms with Crippen molar-refractivity contribution in [3.05, 3.63) is 70.9 Å². The lowest BCUT2D eigenvalue weighted by molar-refractivity contribution is -0.140. The molecule has 38 heavy (non-hydrogen) atoms. The van der Waals surface area contributed by atoms with Crippen LogP contribution in [0.1, 0.15) is 52.9 Å². The van der Waals surface area contributed by atoms with Gasteiger partial charge in [0.15, 0.2) is 0 Å². The van der Waals surface area contributed by atoms with Crippen LogP contribution in [0, 0.1) is 18.7 Å². The zero-order chi connectivity index (χ0) is 27.0. The van der Waals surface area contributed by atoms with Crippen LogP contribution >= 0.6 is 0 Å². The molecule has 6 nitrogen and oxygen atoms in total. The highest BCUT2D eigenvalue weighted by Gasteiger charge is 2.36. The van der Waals surface area contributed by atoms with Crippen molar-refractivity contribution in [2.45, 2.75) is 38.8 Å². The average molecular weight is 529 g/mol. The number of carbonyl (C=O) groups is 1. The van der Waals surface area contributed by atoms with Crippen LogP contribution in [0.4, 0.5) is 29.1 Å². The minimum absolute atomic E-state index is 0.237. The van der Waals surface area contributed by atoms with Crippen molar-refractivity contribution in [3.8, 4) is 11.1 Å². The molecule has 2 aromatic heterocycles. The number of pyridine rings is 2. The third-order valence-electron chi connectivity index (χ3n) is 7.34. The number of hydrogen-bond acceptors (Lipinski definition) is 5. The van der Waals surface area contributed by atoms with Crippen LogP contribution in [-0.4, -0.2) is 42.2 Å². The minimum Gasteiger partial charge on any atom is -0.381 e. The number of nitrogens with zero attached hydrogens (tertiary/aromatic N) is 3. The van der Waals surface area contributed by atoms with Gasteiger partial charge in [0, 0.05) is 48.6 Å². The largest absolute Gasteiger partial charge is 0.419 e. The third kappa shape index (κ3) is 4.97. The van der Waals surface area contributed by atoms with Gasteiger partial charge in [0.1, 0.15) is 11.6 Å². The molecular formula is C28H28F4N4O2. The normalized spacial score (nSPS) is 19.4. The predicted molar refractivity (Wildman–Crippen MR) is 136 cm³/mol. The van der Waals surface area contributed by atoms with Crippen molar-refractivity contribution in [2.75, 3.05) is 36.5 Å². The molecular weight excluding hydrogens is 500 g/mol. The van der Waals surface area contributed by atoms with Gasteiger partial charge in [-0.25, -0.2) is 9.37 Å². The Bertz CT molecular complexity index is 1360. The Kier molecular flexibility index (Phi) is 7.09. The first-order valence-corrected chi connectivity index (χ1v) is 12.6. The molecule has 3 aromatic rings. The van der Waals surface area contributed by atoms with Crippen LogP contribution in [0.2, 0.25) is 0 Å². The van der Waals surface area contributed by atoms with Gasteiger partial charge in [-0.3, -0.25) is 9.78 Å². The molecule has 0 radical (unpaired) electrons. The van der Waals surface area contributed by atoms with Crippen molar-refractivity contribution >= 4 is 17.4 Å². The van der Waals surface area contributed by atoms with E-state index in [2.05, 4.69) is 28.2 Å². The lowest BCUT2D eigenvalue weighted by Crippen LogP contribution is -2.39. The van der Waals surface area contributed by atoms with Gasteiger partial charge in [0.2, 0.25) is 0 Å². The summed E-state index contributed by atoms with van der Waals surface area (Å²) < 4.78 is 59.6. The van der Waals surface area contributed by atoms with Crippen LogP contribution in [0.3, 0.4) is 0 Å². The molecule has 5 rings (SSSR count). The second-order valence-corrected chi connectivity index (χ2v) is 9.74. The molecule has 10 heteroatoms. The number of fused-ring (bicyclic) bond motifs is 3. The Hall–Kier alpha value is -3.53. The van der Waals surface area contributed by atoms with Crippen molar-refractivity contribution in [1.82, 2.24) is 9.97 Å². The van der Waals surface area contributed by atoms with E-state index in [1.165, 1.54) is 6.20 Å². The Morgan fingerprint density at radius 3 is 2.79 bits per heavy atom. The average Bonchev–Trinajstić information content (AvgIpc) is 3.14. The van der Waals surface area contributed by atoms with Gasteiger partial charge in [-0.1, -0.05) is 6.07 Å². The highest BCUT2D eigenvalue weighted by Crippen LogP contribution is 2.43. The summed E-state index contributed by atoms with van der Waals surface area (Å²) in [6, 6.07) is 6.43. The van der Waals surface area contributed by atoms with Crippen LogP contribution in [0.25, 0.3) is 11.1 Å². The van der Waals surface area contributed by atoms with E-state index in [1.807, 2.05) is 6.92 Å². The van der Waals surface area contributed by atoms with E-state index >= 15 is 0 Å². The van der Waals surface area contributed by atoms with Gasteiger partial charge in [0.25, 0.3) is 5.91 Å². The summed E-state index contributed by atoms with van der Waals surface area (Å²) in [5.41, 5.74) is 1.44. The van der Waals surface area contributed by atoms with Gasteiger partial charge in [-0.2, -0.15) is 13.2 Å². The first-order chi connectivity index (χ1) is 18.2. The molecule has 2 atom stereocenters. The number of anilines is 2. The molecule has 1 saturated heterocycles. The molecule has 1 fully saturated rings. The van der Waals surface area contributed by atoms with Crippen molar-refractivity contribution < 1.29 is 27.1 Å². The van der Waals surface area contributed by atoms with Gasteiger partial charge < -0.3 is 15.0 Å². The Balaban J connectivity index is 1.47. The fraction of sp³-hybridized carbons (Fsp3) is 0.393. The molecule has 0 saturated carbocycles. The maximum atomic E-state index is 14.5. The summed E-state index contributed by atoms with van der Waals surface area (Å²) in [5, 5.41) is 2.49. The van der Waals surface area contributed by atoms with E-state index < -0.39 is 29.0 Å². The molecule has 1 N–H and O–H groups in total. The summed E-state index contributed by atoms with van der Waals surface area (Å²) in [5.74, 6) is -0.945. The van der Waals surface area contributed by atoms with Crippen LogP contribution in [-0.2, 0) is 10.9 Å². The number of aryl methyl sites for hydroxylation is 1. The Labute approximate surface area is 218 Å². The van der Waals surface area contributed by atoms with E-state index in [9.17, 15) is 22.4 Å². The Morgan fingerprint density at radius 2 is 2.03 bits per heavy atom. The number of ether oxygens (including phenoxy) is 1. The lowest BCUT2D eigenvalue weighted by Gasteiger charge is -2.39. The van der Waals surface area contributed by atoms with E-state index in [1.54, 1.807) is 12.3 Å². The summed E-state index contributed by atoms with van der Waals surface area (Å²) in [7, 11) is 0. The Morgan fingerprint density at radius 1 is 1.21 bits per heavy atom. The quantitative estimate of drug-likeness (QED) is 0.408. The van der Waals surface area contributed by atoms with Gasteiger partial charge in [-0.05, 0) is 62.4 Å². The van der Waals surface area contributed by atoms with Crippen LogP contribution in [0.5, 0.6) is 0 Å². The molecule has 2 aliphatic rings. The maximum Gasteiger partial charge on any atom is 0.419 e. The van der Waals surface area contributed by atoms with Gasteiger partial charge >= 0.3 is 6.18 Å². The number of alkyl halides is 3. The first-order valence-electron chi connectivity index (χ1n) is 12.6. The number of amides is 1. The molecule has 200 valence electrons. The van der Waals surface area contributed by atoms with Crippen LogP contribution in [0.15, 0.2) is 42.7 Å². The zero-order valence-corrected chi connectivity index (χ0v) is 21.1. The second kappa shape index (κ2) is 10.3. The molecule has 2 aliphatic heterocycles. The number of rotatable bonds is 4. The summed E-state index contributed by atoms with van der Waals surface area (Å²) in [6.07, 6.45) is 0.248. The second-order valence-electron chi connectivity index (χ2n) is 9.74. The summed E-state index contributed by atoms with van der Waals surface area (Å²) in [4.78, 5) is 24.2. The molecule has 0 bridgehead atoms. The number of benzene rings is 1. The number of aromatic nitrogens is 2. The lowest BCUT2D eigenvalue weighted by atomic mass is 9.80. The third-order valence-corrected chi connectivity index (χ3v) is 7.34. The van der Waals surface area contributed by atoms with Crippen molar-refractivity contribution in [1.29, 1.82) is 0 Å². The van der Waals surface area contributed by atoms with Crippen LogP contribution < -0.4 is 10.2 Å². The summed E-state index contributed by atoms with van der Waals surface area (Å²) >= 11 is 0. The highest BCUT2D eigenvalue weighted by atomic mass is 19.4. The topological polar surface area (TPSA) is 67.3 Å². The SMILES string of the molecule is CCN1C[C@@H]2COCCC[C@H]2c2cc(-c3cc(NC(=O)c4cccc(C(F)(F)F)c4F)cnc3C)cnc21. The molecule has 1 amide bonds. The van der Waals surface area contributed by atoms with E-state index in [-0.39, 0.29) is 5.69 Å². The van der Waals surface area contributed by atoms with Gasteiger partial charge in [0.05, 0.1) is 29.6 Å². The number of hydrogen-bond donors (Lipinski definition) is 1. The standard InChI is InChI=1S/C28H28F4N4O2/c1-3-36-14-18-15-38-9-5-7-20(18)23-10-17(12-34-26(23)36)22-11-19(13-33-16(22)2)35-27(37)21-6-4-8-24(25(21)29)28(30,31)32/h4,6,8,10-13,18,20H,3,5,7,9,14-15H2,1-2H3,(H,35,37)/t18-,20-/m1/s1. The smallest absolute Gasteiger partial charge is 0.381 e. The maximum absolute atomic E-state index is 14.5. The monoisotopic (exact) mass is 528 g/mol. The van der Waals surface area contributed by atoms with Crippen molar-refractivity contribution in [3.63, 3.8) is 0 Å². The van der Waals surface area contributed by atoms with Crippen molar-refractivity contribution in [2.24, 2.45) is 5.92 Å². The zero-order valence-electron chi connectivity index (χ0n) is 21.1. The fourth-order valence-electron chi connectivity index (χ4n) is 5.41. The number of halogens is 4. The predicted octanol–water partition coefficient (Wildman–Crippen LogP) is 6.21. The highest BCUT2D eigenvalue weighted by molar-refractivity contribution is 6.04. The van der Waals surface area contributed by atoms with E-state index in [0.29, 0.717) is 30.2 Å². The molecule has 0 spiro atoms. The number of carbonyl (C=O) groups excluding carboxylic acids is 1. The molecule has 0 aliphatic carbocycles. The number of nitrogens with one attached hydrogen (secondary N) is 1. The van der Waals surface area contributed by atoms with E-state index in [4.69, 9.17) is 9.72 Å². The fourth-order valence-corrected chi connectivity index (χ4v) is 5.41. The minimum atomic E-state index is -4.91. The van der Waals surface area contributed by atoms with Gasteiger partial charge in [-0.15, -0.1) is 0 Å². The molecule has 1 aromatic carbocycles. The molecule has 0 unspecified atom stereocenters. The summed E-state index contributed by atoms with van der Waals surface area (Å²) in [6.45, 7) is 7.11. The van der Waals surface area contributed by atoms with E-state index in [0.717, 1.165) is 67.2 Å².